The van der Waals surface area contributed by atoms with Gasteiger partial charge in [0, 0.05) is 13.1 Å². The number of H-pyrrole nitrogens is 1. The first-order valence-electron chi connectivity index (χ1n) is 6.19. The topological polar surface area (TPSA) is 93.0 Å². The molecule has 8 heteroatoms. The van der Waals surface area contributed by atoms with E-state index in [4.69, 9.17) is 10.5 Å². The Morgan fingerprint density at radius 1 is 1.43 bits per heavy atom. The van der Waals surface area contributed by atoms with Crippen LogP contribution in [0, 0.1) is 6.92 Å². The van der Waals surface area contributed by atoms with Gasteiger partial charge in [-0.25, -0.2) is 4.98 Å². The summed E-state index contributed by atoms with van der Waals surface area (Å²) in [6.07, 6.45) is 0. The summed E-state index contributed by atoms with van der Waals surface area (Å²) in [4.78, 5) is 18.8. The predicted molar refractivity (Wildman–Crippen MR) is 87.0 cm³/mol. The van der Waals surface area contributed by atoms with Crippen LogP contribution >= 0.6 is 24.8 Å². The monoisotopic (exact) mass is 334 g/mol. The van der Waals surface area contributed by atoms with Crippen molar-refractivity contribution < 1.29 is 9.53 Å². The Hall–Kier alpha value is -1.34. The molecule has 0 aliphatic carbocycles. The number of nitrogens with one attached hydrogen (secondary N) is 2. The maximum Gasteiger partial charge on any atom is 0.246 e. The Bertz CT molecular complexity index is 574. The molecule has 0 bridgehead atoms. The van der Waals surface area contributed by atoms with Gasteiger partial charge in [-0.2, -0.15) is 0 Å². The Labute approximate surface area is 135 Å². The van der Waals surface area contributed by atoms with Crippen LogP contribution in [-0.2, 0) is 16.1 Å². The Morgan fingerprint density at radius 2 is 2.19 bits per heavy atom. The molecule has 1 aromatic carbocycles. The zero-order valence-corrected chi connectivity index (χ0v) is 13.4. The lowest BCUT2D eigenvalue weighted by Gasteiger charge is -2.03. The van der Waals surface area contributed by atoms with Crippen molar-refractivity contribution in [1.82, 2.24) is 15.3 Å². The lowest BCUT2D eigenvalue weighted by atomic mass is 10.2. The van der Waals surface area contributed by atoms with Crippen molar-refractivity contribution in [1.29, 1.82) is 0 Å². The second-order valence-corrected chi connectivity index (χ2v) is 4.34. The summed E-state index contributed by atoms with van der Waals surface area (Å²) >= 11 is 0. The van der Waals surface area contributed by atoms with Crippen LogP contribution in [0.2, 0.25) is 0 Å². The van der Waals surface area contributed by atoms with E-state index < -0.39 is 0 Å². The number of amides is 1. The maximum absolute atomic E-state index is 11.3. The summed E-state index contributed by atoms with van der Waals surface area (Å²) < 4.78 is 5.29. The van der Waals surface area contributed by atoms with E-state index in [2.05, 4.69) is 15.3 Å². The molecule has 118 valence electrons. The van der Waals surface area contributed by atoms with E-state index in [9.17, 15) is 4.79 Å². The fourth-order valence-corrected chi connectivity index (χ4v) is 1.75. The van der Waals surface area contributed by atoms with Crippen molar-refractivity contribution in [2.45, 2.75) is 13.5 Å². The number of aryl methyl sites for hydroxylation is 1. The van der Waals surface area contributed by atoms with E-state index in [1.807, 2.05) is 25.1 Å². The minimum absolute atomic E-state index is 0. The van der Waals surface area contributed by atoms with Gasteiger partial charge >= 0.3 is 0 Å². The van der Waals surface area contributed by atoms with Gasteiger partial charge in [0.15, 0.2) is 0 Å². The minimum atomic E-state index is -0.169. The number of carbonyl (C=O) groups is 1. The molecule has 1 heterocycles. The molecule has 1 aromatic heterocycles. The van der Waals surface area contributed by atoms with E-state index in [1.165, 1.54) is 5.56 Å². The number of benzene rings is 1. The molecule has 4 N–H and O–H groups in total. The summed E-state index contributed by atoms with van der Waals surface area (Å²) in [5.74, 6) is 0.546. The van der Waals surface area contributed by atoms with Crippen LogP contribution in [0.3, 0.4) is 0 Å². The second kappa shape index (κ2) is 9.57. The van der Waals surface area contributed by atoms with Crippen LogP contribution in [-0.4, -0.2) is 35.6 Å². The third-order valence-electron chi connectivity index (χ3n) is 2.62. The maximum atomic E-state index is 11.3. The summed E-state index contributed by atoms with van der Waals surface area (Å²) in [6, 6.07) is 5.99. The number of fused-ring (bicyclic) bond motifs is 1. The van der Waals surface area contributed by atoms with Crippen LogP contribution in [0.4, 0.5) is 0 Å². The molecular formula is C13H20Cl2N4O2. The van der Waals surface area contributed by atoms with Gasteiger partial charge in [0.05, 0.1) is 11.0 Å². The van der Waals surface area contributed by atoms with Gasteiger partial charge in [-0.1, -0.05) is 6.07 Å². The van der Waals surface area contributed by atoms with Crippen molar-refractivity contribution in [2.75, 3.05) is 19.7 Å². The standard InChI is InChI=1S/C13H18N4O2.2ClH/c1-9-2-3-10-11(6-9)17-12(16-10)7-19-8-13(18)15-5-4-14;;/h2-3,6H,4-5,7-8,14H2,1H3,(H,15,18)(H,16,17);2*1H. The highest BCUT2D eigenvalue weighted by Crippen LogP contribution is 2.13. The molecule has 0 saturated heterocycles. The highest BCUT2D eigenvalue weighted by Gasteiger charge is 2.05. The molecule has 2 aromatic rings. The number of halogens is 2. The number of hydrogen-bond donors (Lipinski definition) is 3. The zero-order valence-electron chi connectivity index (χ0n) is 11.7. The molecule has 0 aliphatic rings. The molecule has 0 radical (unpaired) electrons. The molecular weight excluding hydrogens is 315 g/mol. The summed E-state index contributed by atoms with van der Waals surface area (Å²) in [6.45, 7) is 3.21. The Morgan fingerprint density at radius 3 is 2.90 bits per heavy atom. The molecule has 0 atom stereocenters. The fraction of sp³-hybridized carbons (Fsp3) is 0.385. The van der Waals surface area contributed by atoms with Crippen molar-refractivity contribution in [2.24, 2.45) is 5.73 Å². The van der Waals surface area contributed by atoms with Gasteiger partial charge in [-0.3, -0.25) is 4.79 Å². The number of imidazole rings is 1. The average Bonchev–Trinajstić information content (AvgIpc) is 2.78. The van der Waals surface area contributed by atoms with Gasteiger partial charge in [0.2, 0.25) is 5.91 Å². The number of nitrogens with two attached hydrogens (primary N) is 1. The number of rotatable bonds is 6. The van der Waals surface area contributed by atoms with Gasteiger partial charge < -0.3 is 20.8 Å². The lowest BCUT2D eigenvalue weighted by molar-refractivity contribution is -0.126. The largest absolute Gasteiger partial charge is 0.364 e. The first kappa shape index (κ1) is 19.7. The van der Waals surface area contributed by atoms with Crippen molar-refractivity contribution in [3.05, 3.63) is 29.6 Å². The zero-order chi connectivity index (χ0) is 13.7. The molecule has 21 heavy (non-hydrogen) atoms. The number of carbonyl (C=O) groups excluding carboxylic acids is 1. The molecule has 0 fully saturated rings. The van der Waals surface area contributed by atoms with Gasteiger partial charge in [0.1, 0.15) is 19.0 Å². The normalized spacial score (nSPS) is 9.81. The third kappa shape index (κ3) is 5.89. The Kier molecular flexibility index (Phi) is 8.96. The van der Waals surface area contributed by atoms with E-state index in [0.717, 1.165) is 11.0 Å². The smallest absolute Gasteiger partial charge is 0.246 e. The molecule has 6 nitrogen and oxygen atoms in total. The molecule has 0 aliphatic heterocycles. The molecule has 0 unspecified atom stereocenters. The van der Waals surface area contributed by atoms with E-state index >= 15 is 0 Å². The molecule has 2 rings (SSSR count). The van der Waals surface area contributed by atoms with E-state index in [0.29, 0.717) is 18.9 Å². The summed E-state index contributed by atoms with van der Waals surface area (Å²) in [7, 11) is 0. The Balaban J connectivity index is 0.00000200. The van der Waals surface area contributed by atoms with E-state index in [1.54, 1.807) is 0 Å². The highest BCUT2D eigenvalue weighted by molar-refractivity contribution is 5.85. The van der Waals surface area contributed by atoms with Crippen LogP contribution in [0.1, 0.15) is 11.4 Å². The molecule has 1 amide bonds. The number of aromatic nitrogens is 2. The summed E-state index contributed by atoms with van der Waals surface area (Å²) in [5, 5.41) is 2.63. The fourth-order valence-electron chi connectivity index (χ4n) is 1.75. The molecule has 0 saturated carbocycles. The first-order chi connectivity index (χ1) is 9.19. The van der Waals surface area contributed by atoms with Crippen molar-refractivity contribution in [3.8, 4) is 0 Å². The number of aromatic amines is 1. The first-order valence-corrected chi connectivity index (χ1v) is 6.19. The van der Waals surface area contributed by atoms with Crippen LogP contribution < -0.4 is 11.1 Å². The third-order valence-corrected chi connectivity index (χ3v) is 2.62. The quantitative estimate of drug-likeness (QED) is 0.742. The van der Waals surface area contributed by atoms with Gasteiger partial charge in [-0.05, 0) is 24.6 Å². The van der Waals surface area contributed by atoms with Crippen LogP contribution in [0.15, 0.2) is 18.2 Å². The van der Waals surface area contributed by atoms with Crippen molar-refractivity contribution in [3.63, 3.8) is 0 Å². The predicted octanol–water partition coefficient (Wildman–Crippen LogP) is 1.31. The minimum Gasteiger partial charge on any atom is -0.364 e. The average molecular weight is 335 g/mol. The number of hydrogen-bond acceptors (Lipinski definition) is 4. The number of ether oxygens (including phenoxy) is 1. The van der Waals surface area contributed by atoms with Crippen molar-refractivity contribution >= 4 is 41.8 Å². The van der Waals surface area contributed by atoms with Crippen LogP contribution in [0.5, 0.6) is 0 Å². The van der Waals surface area contributed by atoms with Gasteiger partial charge in [0.25, 0.3) is 0 Å². The van der Waals surface area contributed by atoms with Gasteiger partial charge in [-0.15, -0.1) is 24.8 Å². The van der Waals surface area contributed by atoms with E-state index in [-0.39, 0.29) is 43.9 Å². The lowest BCUT2D eigenvalue weighted by Crippen LogP contribution is -2.32. The molecule has 0 spiro atoms. The highest BCUT2D eigenvalue weighted by atomic mass is 35.5. The SMILES string of the molecule is Cc1ccc2nc(COCC(=O)NCCN)[nH]c2c1.Cl.Cl. The number of nitrogens with zero attached hydrogens (tertiary/aromatic N) is 1. The summed E-state index contributed by atoms with van der Waals surface area (Å²) in [5.41, 5.74) is 8.33. The second-order valence-electron chi connectivity index (χ2n) is 4.34. The van der Waals surface area contributed by atoms with Crippen LogP contribution in [0.25, 0.3) is 11.0 Å².